The molecule has 136 valence electrons. The van der Waals surface area contributed by atoms with Gasteiger partial charge in [-0.05, 0) is 38.3 Å². The summed E-state index contributed by atoms with van der Waals surface area (Å²) in [6.45, 7) is 4.12. The number of aromatic nitrogens is 4. The van der Waals surface area contributed by atoms with Crippen LogP contribution in [0, 0.1) is 13.8 Å². The molecule has 1 saturated carbocycles. The van der Waals surface area contributed by atoms with Crippen molar-refractivity contribution in [1.29, 1.82) is 0 Å². The first-order valence-electron chi connectivity index (χ1n) is 9.23. The fourth-order valence-electron chi connectivity index (χ4n) is 3.85. The molecule has 0 saturated heterocycles. The molecule has 1 aliphatic rings. The van der Waals surface area contributed by atoms with Gasteiger partial charge in [-0.15, -0.1) is 10.2 Å². The molecule has 0 amide bonds. The molecule has 0 atom stereocenters. The van der Waals surface area contributed by atoms with Crippen molar-refractivity contribution in [2.24, 2.45) is 0 Å². The molecular weight excluding hydrogens is 364 g/mol. The second kappa shape index (κ2) is 7.57. The zero-order chi connectivity index (χ0) is 18.1. The Morgan fingerprint density at radius 2 is 1.88 bits per heavy atom. The number of nitrogens with zero attached hydrogens (tertiary/aromatic N) is 4. The van der Waals surface area contributed by atoms with Gasteiger partial charge in [0.2, 0.25) is 0 Å². The number of fused-ring (bicyclic) bond motifs is 1. The highest BCUT2D eigenvalue weighted by Gasteiger charge is 2.22. The normalized spacial score (nSPS) is 15.7. The van der Waals surface area contributed by atoms with E-state index in [1.165, 1.54) is 32.1 Å². The number of hydrogen-bond acceptors (Lipinski definition) is 4. The molecule has 4 nitrogen and oxygen atoms in total. The predicted molar refractivity (Wildman–Crippen MR) is 108 cm³/mol. The Hall–Kier alpha value is -1.59. The molecule has 1 aliphatic carbocycles. The number of hydrogen-bond donors (Lipinski definition) is 0. The van der Waals surface area contributed by atoms with Gasteiger partial charge in [0.1, 0.15) is 5.82 Å². The van der Waals surface area contributed by atoms with Gasteiger partial charge in [0.15, 0.2) is 5.16 Å². The second-order valence-corrected chi connectivity index (χ2v) is 8.32. The van der Waals surface area contributed by atoms with Crippen LogP contribution in [-0.2, 0) is 5.75 Å². The molecule has 0 spiro atoms. The van der Waals surface area contributed by atoms with Gasteiger partial charge in [0.05, 0.1) is 16.2 Å². The average molecular weight is 387 g/mol. The number of aryl methyl sites for hydroxylation is 2. The lowest BCUT2D eigenvalue weighted by Gasteiger charge is -2.25. The molecule has 0 aliphatic heterocycles. The van der Waals surface area contributed by atoms with E-state index in [0.717, 1.165) is 38.2 Å². The van der Waals surface area contributed by atoms with Crippen molar-refractivity contribution < 1.29 is 0 Å². The topological polar surface area (TPSA) is 43.6 Å². The van der Waals surface area contributed by atoms with Gasteiger partial charge in [-0.3, -0.25) is 4.98 Å². The fourth-order valence-corrected chi connectivity index (χ4v) is 5.14. The maximum atomic E-state index is 6.61. The van der Waals surface area contributed by atoms with Crippen LogP contribution in [0.25, 0.3) is 10.9 Å². The van der Waals surface area contributed by atoms with Crippen LogP contribution in [0.4, 0.5) is 0 Å². The predicted octanol–water partition coefficient (Wildman–Crippen LogP) is 5.89. The van der Waals surface area contributed by atoms with Crippen LogP contribution < -0.4 is 0 Å². The van der Waals surface area contributed by atoms with Crippen LogP contribution in [0.15, 0.2) is 29.4 Å². The summed E-state index contributed by atoms with van der Waals surface area (Å²) in [7, 11) is 0. The minimum absolute atomic E-state index is 0.531. The molecule has 0 N–H and O–H groups in total. The minimum atomic E-state index is 0.531. The molecule has 2 heterocycles. The highest BCUT2D eigenvalue weighted by Crippen LogP contribution is 2.35. The van der Waals surface area contributed by atoms with Crippen LogP contribution in [-0.4, -0.2) is 19.7 Å². The Kier molecular flexibility index (Phi) is 5.18. The van der Waals surface area contributed by atoms with Crippen LogP contribution in [0.2, 0.25) is 5.02 Å². The summed E-state index contributed by atoms with van der Waals surface area (Å²) in [5.74, 6) is 1.71. The van der Waals surface area contributed by atoms with Gasteiger partial charge >= 0.3 is 0 Å². The van der Waals surface area contributed by atoms with Gasteiger partial charge in [-0.2, -0.15) is 0 Å². The smallest absolute Gasteiger partial charge is 0.191 e. The monoisotopic (exact) mass is 386 g/mol. The van der Waals surface area contributed by atoms with Crippen LogP contribution >= 0.6 is 23.4 Å². The maximum Gasteiger partial charge on any atom is 0.191 e. The molecule has 4 rings (SSSR count). The molecule has 0 unspecified atom stereocenters. The fraction of sp³-hybridized carbons (Fsp3) is 0.450. The lowest BCUT2D eigenvalue weighted by Crippen LogP contribution is -2.15. The Morgan fingerprint density at radius 1 is 1.12 bits per heavy atom. The summed E-state index contributed by atoms with van der Waals surface area (Å²) in [6, 6.07) is 8.69. The number of para-hydroxylation sites is 1. The Morgan fingerprint density at radius 3 is 2.69 bits per heavy atom. The molecular formula is C20H23ClN4S. The summed E-state index contributed by atoms with van der Waals surface area (Å²) in [5, 5.41) is 11.6. The third kappa shape index (κ3) is 3.35. The standard InChI is InChI=1S/C20H23ClN4S/c1-13-16-10-6-7-11-17(16)22-18(19(13)21)12-26-20-24-23-14(2)25(20)15-8-4-3-5-9-15/h6-7,10-11,15H,3-5,8-9,12H2,1-2H3. The minimum Gasteiger partial charge on any atom is -0.303 e. The van der Waals surface area contributed by atoms with Crippen molar-refractivity contribution in [1.82, 2.24) is 19.7 Å². The van der Waals surface area contributed by atoms with E-state index in [4.69, 9.17) is 16.6 Å². The van der Waals surface area contributed by atoms with Gasteiger partial charge in [-0.25, -0.2) is 0 Å². The Labute approximate surface area is 163 Å². The highest BCUT2D eigenvalue weighted by molar-refractivity contribution is 7.98. The van der Waals surface area contributed by atoms with E-state index in [9.17, 15) is 0 Å². The summed E-state index contributed by atoms with van der Waals surface area (Å²) >= 11 is 8.30. The van der Waals surface area contributed by atoms with Crippen molar-refractivity contribution in [3.05, 3.63) is 46.4 Å². The molecule has 6 heteroatoms. The Bertz CT molecular complexity index is 931. The van der Waals surface area contributed by atoms with Gasteiger partial charge in [0, 0.05) is 17.2 Å². The van der Waals surface area contributed by atoms with Crippen LogP contribution in [0.5, 0.6) is 0 Å². The average Bonchev–Trinajstić information content (AvgIpc) is 3.05. The van der Waals surface area contributed by atoms with Crippen molar-refractivity contribution in [3.8, 4) is 0 Å². The molecule has 1 aromatic carbocycles. The van der Waals surface area contributed by atoms with Crippen molar-refractivity contribution in [3.63, 3.8) is 0 Å². The van der Waals surface area contributed by atoms with E-state index in [1.807, 2.05) is 18.2 Å². The first-order chi connectivity index (χ1) is 12.6. The Balaban J connectivity index is 1.60. The summed E-state index contributed by atoms with van der Waals surface area (Å²) in [5.41, 5.74) is 3.01. The quantitative estimate of drug-likeness (QED) is 0.524. The van der Waals surface area contributed by atoms with Gasteiger partial charge < -0.3 is 4.57 Å². The summed E-state index contributed by atoms with van der Waals surface area (Å²) < 4.78 is 2.33. The highest BCUT2D eigenvalue weighted by atomic mass is 35.5. The first kappa shape index (κ1) is 17.8. The van der Waals surface area contributed by atoms with Gasteiger partial charge in [-0.1, -0.05) is 60.8 Å². The molecule has 26 heavy (non-hydrogen) atoms. The van der Waals surface area contributed by atoms with E-state index >= 15 is 0 Å². The van der Waals surface area contributed by atoms with E-state index in [0.29, 0.717) is 11.8 Å². The maximum absolute atomic E-state index is 6.61. The van der Waals surface area contributed by atoms with E-state index < -0.39 is 0 Å². The third-order valence-electron chi connectivity index (χ3n) is 5.26. The van der Waals surface area contributed by atoms with Crippen LogP contribution in [0.1, 0.15) is 55.2 Å². The SMILES string of the molecule is Cc1c(Cl)c(CSc2nnc(C)n2C2CCCCC2)nc2ccccc12. The van der Waals surface area contributed by atoms with E-state index in [1.54, 1.807) is 11.8 Å². The zero-order valence-electron chi connectivity index (χ0n) is 15.2. The summed E-state index contributed by atoms with van der Waals surface area (Å²) in [6.07, 6.45) is 6.38. The number of rotatable bonds is 4. The van der Waals surface area contributed by atoms with E-state index in [2.05, 4.69) is 34.7 Å². The molecule has 3 aromatic rings. The molecule has 2 aromatic heterocycles. The second-order valence-electron chi connectivity index (χ2n) is 6.99. The van der Waals surface area contributed by atoms with Crippen LogP contribution in [0.3, 0.4) is 0 Å². The zero-order valence-corrected chi connectivity index (χ0v) is 16.8. The molecule has 1 fully saturated rings. The van der Waals surface area contributed by atoms with Crippen molar-refractivity contribution in [2.45, 2.75) is 62.9 Å². The lowest BCUT2D eigenvalue weighted by molar-refractivity contribution is 0.332. The number of pyridine rings is 1. The molecule has 0 radical (unpaired) electrons. The number of halogens is 1. The van der Waals surface area contributed by atoms with Gasteiger partial charge in [0.25, 0.3) is 0 Å². The summed E-state index contributed by atoms with van der Waals surface area (Å²) in [4.78, 5) is 4.79. The molecule has 0 bridgehead atoms. The van der Waals surface area contributed by atoms with Crippen molar-refractivity contribution >= 4 is 34.3 Å². The number of thioether (sulfide) groups is 1. The number of benzene rings is 1. The third-order valence-corrected chi connectivity index (χ3v) is 6.71. The largest absolute Gasteiger partial charge is 0.303 e. The van der Waals surface area contributed by atoms with E-state index in [-0.39, 0.29) is 0 Å². The first-order valence-corrected chi connectivity index (χ1v) is 10.6. The lowest BCUT2D eigenvalue weighted by atomic mass is 9.95. The van der Waals surface area contributed by atoms with Crippen molar-refractivity contribution in [2.75, 3.05) is 0 Å².